The summed E-state index contributed by atoms with van der Waals surface area (Å²) in [5.74, 6) is 0.810. The number of nitrogens with one attached hydrogen (secondary N) is 1. The third kappa shape index (κ3) is 3.43. The highest BCUT2D eigenvalue weighted by Crippen LogP contribution is 2.27. The van der Waals surface area contributed by atoms with Crippen molar-refractivity contribution in [2.24, 2.45) is 0 Å². The topological polar surface area (TPSA) is 46.6 Å². The Kier molecular flexibility index (Phi) is 5.13. The Morgan fingerprint density at radius 2 is 2.47 bits per heavy atom. The maximum Gasteiger partial charge on any atom is 0.142 e. The molecule has 1 N–H and O–H groups in total. The van der Waals surface area contributed by atoms with Gasteiger partial charge in [0.25, 0.3) is 0 Å². The minimum atomic E-state index is 0.0592. The fourth-order valence-corrected chi connectivity index (χ4v) is 2.45. The maximum atomic E-state index is 5.92. The molecule has 106 valence electrons. The summed E-state index contributed by atoms with van der Waals surface area (Å²) in [6.07, 6.45) is 1.90. The first-order chi connectivity index (χ1) is 9.26. The van der Waals surface area contributed by atoms with Crippen LogP contribution in [0.15, 0.2) is 18.3 Å². The molecule has 0 aliphatic carbocycles. The number of rotatable bonds is 5. The second kappa shape index (κ2) is 6.84. The normalized spacial score (nSPS) is 22.2. The summed E-state index contributed by atoms with van der Waals surface area (Å²) in [5.41, 5.74) is 0.923. The molecule has 5 heteroatoms. The molecule has 1 aliphatic heterocycles. The predicted molar refractivity (Wildman–Crippen MR) is 74.4 cm³/mol. The van der Waals surface area contributed by atoms with Crippen LogP contribution >= 0.6 is 0 Å². The standard InChI is InChI=1S/C14H23N3O2/c1-4-15-14(12-10-17(2)8-9-19-12)13-11(18-3)6-5-7-16-13/h5-7,12,14-15H,4,8-10H2,1-3H3. The summed E-state index contributed by atoms with van der Waals surface area (Å²) < 4.78 is 11.3. The third-order valence-corrected chi connectivity index (χ3v) is 3.41. The van der Waals surface area contributed by atoms with Crippen molar-refractivity contribution in [2.75, 3.05) is 40.4 Å². The highest BCUT2D eigenvalue weighted by Gasteiger charge is 2.30. The van der Waals surface area contributed by atoms with Crippen molar-refractivity contribution in [1.29, 1.82) is 0 Å². The zero-order chi connectivity index (χ0) is 13.7. The molecule has 0 bridgehead atoms. The summed E-state index contributed by atoms with van der Waals surface area (Å²) >= 11 is 0. The zero-order valence-electron chi connectivity index (χ0n) is 11.9. The molecule has 1 aromatic heterocycles. The number of aromatic nitrogens is 1. The quantitative estimate of drug-likeness (QED) is 0.863. The lowest BCUT2D eigenvalue weighted by Gasteiger charge is -2.35. The summed E-state index contributed by atoms with van der Waals surface area (Å²) in [7, 11) is 3.80. The average Bonchev–Trinajstić information content (AvgIpc) is 2.45. The number of likely N-dealkylation sites (N-methyl/N-ethyl adjacent to an activating group) is 2. The molecule has 1 aliphatic rings. The number of nitrogens with zero attached hydrogens (tertiary/aromatic N) is 2. The molecule has 5 nitrogen and oxygen atoms in total. The van der Waals surface area contributed by atoms with Crippen molar-refractivity contribution in [1.82, 2.24) is 15.2 Å². The van der Waals surface area contributed by atoms with Crippen LogP contribution in [0.2, 0.25) is 0 Å². The summed E-state index contributed by atoms with van der Waals surface area (Å²) in [4.78, 5) is 6.77. The highest BCUT2D eigenvalue weighted by atomic mass is 16.5. The van der Waals surface area contributed by atoms with Crippen molar-refractivity contribution < 1.29 is 9.47 Å². The van der Waals surface area contributed by atoms with E-state index in [1.165, 1.54) is 0 Å². The lowest BCUT2D eigenvalue weighted by atomic mass is 10.0. The van der Waals surface area contributed by atoms with Gasteiger partial charge in [-0.05, 0) is 25.7 Å². The second-order valence-corrected chi connectivity index (χ2v) is 4.80. The van der Waals surface area contributed by atoms with E-state index in [0.717, 1.165) is 37.7 Å². The molecule has 1 saturated heterocycles. The van der Waals surface area contributed by atoms with E-state index in [1.54, 1.807) is 13.3 Å². The van der Waals surface area contributed by atoms with Crippen LogP contribution in [0.25, 0.3) is 0 Å². The fraction of sp³-hybridized carbons (Fsp3) is 0.643. The highest BCUT2D eigenvalue weighted by molar-refractivity contribution is 5.30. The largest absolute Gasteiger partial charge is 0.495 e. The van der Waals surface area contributed by atoms with Gasteiger partial charge in [0, 0.05) is 19.3 Å². The van der Waals surface area contributed by atoms with Crippen LogP contribution in [0.1, 0.15) is 18.7 Å². The molecule has 0 spiro atoms. The number of hydrogen-bond acceptors (Lipinski definition) is 5. The zero-order valence-corrected chi connectivity index (χ0v) is 11.9. The van der Waals surface area contributed by atoms with Gasteiger partial charge >= 0.3 is 0 Å². The smallest absolute Gasteiger partial charge is 0.142 e. The van der Waals surface area contributed by atoms with Crippen LogP contribution in [-0.2, 0) is 4.74 Å². The van der Waals surface area contributed by atoms with Crippen molar-refractivity contribution in [2.45, 2.75) is 19.1 Å². The lowest BCUT2D eigenvalue weighted by Crippen LogP contribution is -2.47. The molecule has 19 heavy (non-hydrogen) atoms. The Bertz CT molecular complexity index is 400. The molecule has 1 aromatic rings. The van der Waals surface area contributed by atoms with Gasteiger partial charge in [0.2, 0.25) is 0 Å². The van der Waals surface area contributed by atoms with E-state index >= 15 is 0 Å². The van der Waals surface area contributed by atoms with Crippen molar-refractivity contribution >= 4 is 0 Å². The van der Waals surface area contributed by atoms with E-state index in [2.05, 4.69) is 29.2 Å². The molecule has 0 saturated carbocycles. The van der Waals surface area contributed by atoms with Gasteiger partial charge in [0.1, 0.15) is 11.4 Å². The van der Waals surface area contributed by atoms with Gasteiger partial charge in [-0.25, -0.2) is 0 Å². The van der Waals surface area contributed by atoms with E-state index in [9.17, 15) is 0 Å². The number of ether oxygens (including phenoxy) is 2. The van der Waals surface area contributed by atoms with Gasteiger partial charge in [-0.3, -0.25) is 4.98 Å². The molecule has 2 atom stereocenters. The Labute approximate surface area is 114 Å². The summed E-state index contributed by atoms with van der Waals surface area (Å²) in [6.45, 7) is 5.60. The van der Waals surface area contributed by atoms with Crippen LogP contribution in [0.4, 0.5) is 0 Å². The fourth-order valence-electron chi connectivity index (χ4n) is 2.45. The molecule has 2 unspecified atom stereocenters. The van der Waals surface area contributed by atoms with E-state index < -0.39 is 0 Å². The van der Waals surface area contributed by atoms with Crippen LogP contribution in [-0.4, -0.2) is 56.4 Å². The minimum absolute atomic E-state index is 0.0592. The number of hydrogen-bond donors (Lipinski definition) is 1. The summed E-state index contributed by atoms with van der Waals surface area (Å²) in [5, 5.41) is 3.47. The third-order valence-electron chi connectivity index (χ3n) is 3.41. The molecule has 0 radical (unpaired) electrons. The van der Waals surface area contributed by atoms with Gasteiger partial charge in [0.05, 0.1) is 25.9 Å². The molecule has 0 aromatic carbocycles. The average molecular weight is 265 g/mol. The molecule has 2 heterocycles. The number of methoxy groups -OCH3 is 1. The van der Waals surface area contributed by atoms with Crippen LogP contribution in [0.3, 0.4) is 0 Å². The van der Waals surface area contributed by atoms with Gasteiger partial charge in [-0.1, -0.05) is 6.92 Å². The maximum absolute atomic E-state index is 5.92. The molecular weight excluding hydrogens is 242 g/mol. The Morgan fingerprint density at radius 1 is 1.63 bits per heavy atom. The predicted octanol–water partition coefficient (Wildman–Crippen LogP) is 1.07. The van der Waals surface area contributed by atoms with E-state index in [0.29, 0.717) is 0 Å². The first-order valence-corrected chi connectivity index (χ1v) is 6.78. The van der Waals surface area contributed by atoms with Crippen molar-refractivity contribution in [3.05, 3.63) is 24.0 Å². The monoisotopic (exact) mass is 265 g/mol. The van der Waals surface area contributed by atoms with E-state index in [-0.39, 0.29) is 12.1 Å². The second-order valence-electron chi connectivity index (χ2n) is 4.80. The van der Waals surface area contributed by atoms with Gasteiger partial charge < -0.3 is 19.7 Å². The Balaban J connectivity index is 2.23. The molecule has 1 fully saturated rings. The van der Waals surface area contributed by atoms with Gasteiger partial charge in [-0.15, -0.1) is 0 Å². The minimum Gasteiger partial charge on any atom is -0.495 e. The van der Waals surface area contributed by atoms with Crippen LogP contribution in [0, 0.1) is 0 Å². The first-order valence-electron chi connectivity index (χ1n) is 6.78. The summed E-state index contributed by atoms with van der Waals surface area (Å²) in [6, 6.07) is 3.89. The number of pyridine rings is 1. The van der Waals surface area contributed by atoms with Crippen LogP contribution in [0.5, 0.6) is 5.75 Å². The van der Waals surface area contributed by atoms with Crippen molar-refractivity contribution in [3.63, 3.8) is 0 Å². The van der Waals surface area contributed by atoms with E-state index in [1.807, 2.05) is 12.1 Å². The molecule has 2 rings (SSSR count). The SMILES string of the molecule is CCNC(c1ncccc1OC)C1CN(C)CCO1. The Morgan fingerprint density at radius 3 is 3.16 bits per heavy atom. The molecular formula is C14H23N3O2. The number of morpholine rings is 1. The first kappa shape index (κ1) is 14.2. The van der Waals surface area contributed by atoms with Gasteiger partial charge in [-0.2, -0.15) is 0 Å². The van der Waals surface area contributed by atoms with Crippen molar-refractivity contribution in [3.8, 4) is 5.75 Å². The lowest BCUT2D eigenvalue weighted by molar-refractivity contribution is -0.0400. The van der Waals surface area contributed by atoms with E-state index in [4.69, 9.17) is 9.47 Å². The van der Waals surface area contributed by atoms with Crippen LogP contribution < -0.4 is 10.1 Å². The Hall–Kier alpha value is -1.17. The van der Waals surface area contributed by atoms with Gasteiger partial charge in [0.15, 0.2) is 0 Å². The molecule has 0 amide bonds.